The van der Waals surface area contributed by atoms with Crippen molar-refractivity contribution in [3.8, 4) is 16.3 Å². The molecule has 87 heavy (non-hydrogen) atoms. The van der Waals surface area contributed by atoms with Crippen molar-refractivity contribution in [2.24, 2.45) is 4.99 Å². The minimum atomic E-state index is -5.81. The summed E-state index contributed by atoms with van der Waals surface area (Å²) in [5.41, 5.74) is 8.02. The fourth-order valence-corrected chi connectivity index (χ4v) is 12.2. The van der Waals surface area contributed by atoms with Crippen LogP contribution in [0.25, 0.3) is 28.8 Å². The number of nitro benzene ring substituents is 1. The molecule has 3 unspecified atom stereocenters. The molecule has 5 heterocycles. The molecule has 7 rings (SSSR count). The van der Waals surface area contributed by atoms with E-state index in [9.17, 15) is 66.5 Å². The molecule has 2 aromatic carbocycles. The third kappa shape index (κ3) is 20.5. The Morgan fingerprint density at radius 3 is 2.45 bits per heavy atom. The van der Waals surface area contributed by atoms with Gasteiger partial charge in [0, 0.05) is 60.9 Å². The van der Waals surface area contributed by atoms with Gasteiger partial charge in [-0.15, -0.1) is 11.3 Å². The third-order valence-corrected chi connectivity index (χ3v) is 17.2. The Morgan fingerprint density at radius 2 is 1.74 bits per heavy atom. The molecule has 2 aliphatic heterocycles. The number of aromatic nitrogens is 3. The number of thiophene rings is 1. The predicted molar refractivity (Wildman–Crippen MR) is 312 cm³/mol. The van der Waals surface area contributed by atoms with Crippen molar-refractivity contribution < 1.29 is 93.7 Å². The summed E-state index contributed by atoms with van der Waals surface area (Å²) in [4.78, 5) is 107. The maximum absolute atomic E-state index is 14.0. The van der Waals surface area contributed by atoms with Crippen LogP contribution < -0.4 is 32.1 Å². The van der Waals surface area contributed by atoms with E-state index in [1.807, 2.05) is 17.5 Å². The molecule has 3 amide bonds. The topological polar surface area (TPSA) is 416 Å². The number of benzene rings is 2. The molecule has 0 aliphatic carbocycles. The van der Waals surface area contributed by atoms with Crippen LogP contribution in [-0.2, 0) is 52.4 Å². The number of carbonyl (C=O) groups excluding carboxylic acids is 3. The number of amides is 3. The van der Waals surface area contributed by atoms with Gasteiger partial charge in [0.25, 0.3) is 11.6 Å². The van der Waals surface area contributed by atoms with Crippen LogP contribution in [0.5, 0.6) is 5.75 Å². The number of carbonyl (C=O) groups is 3. The van der Waals surface area contributed by atoms with Crippen molar-refractivity contribution >= 4 is 95.6 Å². The van der Waals surface area contributed by atoms with Gasteiger partial charge in [0.2, 0.25) is 5.91 Å². The van der Waals surface area contributed by atoms with Gasteiger partial charge in [-0.3, -0.25) is 37.4 Å². The van der Waals surface area contributed by atoms with Crippen LogP contribution in [-0.4, -0.2) is 113 Å². The molecular formula is C51H57BF2N9O20P3S. The fourth-order valence-electron chi connectivity index (χ4n) is 8.44. The SMILES string of the molecule is CC(OC(=O)NC/C=C/c1cn([C@H]2C[C@H](O)[C@@H](COP(=O)(O)OP(=O)(O)OP(=O)(O)O)O2)c(=O)nc1N)c1cc(CNC(=O)CCCCCNC(=O)COc2ccc(/C=C/C3=NC(=C\c4ccc(-c5cccs5)n4B(F)F)/C=C3)cc2)ccc1[N+](=O)[O-]. The second-order valence-electron chi connectivity index (χ2n) is 18.9. The molecule has 464 valence electrons. The van der Waals surface area contributed by atoms with Crippen LogP contribution in [0.2, 0.25) is 0 Å². The highest BCUT2D eigenvalue weighted by atomic mass is 32.1. The lowest BCUT2D eigenvalue weighted by Gasteiger charge is -2.19. The molecule has 0 radical (unpaired) electrons. The standard InChI is InChI=1S/C51H57BF2N9O20P3S/c1-32(80-51(68)57-23-5-7-35-29-61(50(67)60-49(35)55)48-27-43(64)44(81-48)30-79-85(74,75)83-86(76,77)82-84(71,72)73)40-25-34(13-20-41(40)63(69)70)28-58-46(65)9-3-2-4-22-56-47(66)31-78-39-18-11-33(12-19-39)10-14-36-15-16-37(59-36)26-38-17-21-42(62(38)52(53)54)45-8-6-24-87-45/h5-8,10-21,24-26,29,32,43-44,48,64H,2-4,9,22-23,27-28,30-31H2,1H3,(H,56,66)(H,57,68)(H,58,65)(H,74,75)(H,76,77)(H2,55,60,67)(H2,71,72,73)/b7-5+,14-10+,37-26-/t32?,43-,44+,48+/m0/s1. The highest BCUT2D eigenvalue weighted by molar-refractivity contribution is 7.66. The number of nitro groups is 1. The molecule has 29 nitrogen and oxygen atoms in total. The molecule has 0 spiro atoms. The first-order valence-electron chi connectivity index (χ1n) is 26.1. The maximum Gasteiger partial charge on any atom is 0.678 e. The first-order chi connectivity index (χ1) is 41.2. The quantitative estimate of drug-likeness (QED) is 0.00737. The summed E-state index contributed by atoms with van der Waals surface area (Å²) in [5.74, 6) is -0.404. The number of aliphatic hydroxyl groups is 1. The molecule has 10 N–H and O–H groups in total. The summed E-state index contributed by atoms with van der Waals surface area (Å²) in [6, 6.07) is 18.1. The number of rotatable bonds is 30. The molecule has 0 bridgehead atoms. The molecule has 3 aromatic heterocycles. The number of nitrogens with one attached hydrogen (secondary N) is 3. The van der Waals surface area contributed by atoms with E-state index in [0.29, 0.717) is 59.9 Å². The number of aliphatic hydroxyl groups excluding tert-OH is 1. The van der Waals surface area contributed by atoms with Gasteiger partial charge in [0.05, 0.1) is 40.3 Å². The zero-order chi connectivity index (χ0) is 63.1. The number of unbranched alkanes of at least 4 members (excludes halogenated alkanes) is 2. The molecule has 1 saturated heterocycles. The average Bonchev–Trinajstić information content (AvgIpc) is 2.68. The zero-order valence-electron chi connectivity index (χ0n) is 45.7. The number of hydrogen-bond acceptors (Lipinski definition) is 20. The summed E-state index contributed by atoms with van der Waals surface area (Å²) in [5, 5.41) is 32.2. The van der Waals surface area contributed by atoms with Crippen molar-refractivity contribution in [3.05, 3.63) is 157 Å². The lowest BCUT2D eigenvalue weighted by molar-refractivity contribution is -0.386. The fraction of sp³-hybridized carbons (Fsp3) is 0.294. The number of hydrogen-bond donors (Lipinski definition) is 9. The number of nitrogens with two attached hydrogens (primary N) is 1. The predicted octanol–water partition coefficient (Wildman–Crippen LogP) is 6.96. The van der Waals surface area contributed by atoms with E-state index in [-0.39, 0.29) is 67.0 Å². The van der Waals surface area contributed by atoms with Gasteiger partial charge in [0.1, 0.15) is 30.0 Å². The molecule has 5 aromatic rings. The monoisotopic (exact) mass is 1290 g/mol. The number of phosphoric ester groups is 1. The second-order valence-corrected chi connectivity index (χ2v) is 24.3. The Kier molecular flexibility index (Phi) is 23.3. The normalized spacial score (nSPS) is 18.1. The Hall–Kier alpha value is -7.61. The largest absolute Gasteiger partial charge is 0.678 e. The Bertz CT molecular complexity index is 3670. The number of nitrogen functional groups attached to an aromatic ring is 1. The molecular weight excluding hydrogens is 1230 g/mol. The highest BCUT2D eigenvalue weighted by Gasteiger charge is 2.43. The zero-order valence-corrected chi connectivity index (χ0v) is 49.2. The molecule has 36 heteroatoms. The van der Waals surface area contributed by atoms with Crippen molar-refractivity contribution in [2.75, 3.05) is 32.0 Å². The van der Waals surface area contributed by atoms with E-state index >= 15 is 0 Å². The number of alkyl carbamates (subject to hydrolysis) is 1. The Morgan fingerprint density at radius 1 is 0.966 bits per heavy atom. The average molecular weight is 1290 g/mol. The number of allylic oxidation sites excluding steroid dienone is 3. The van der Waals surface area contributed by atoms with Crippen LogP contribution in [0.1, 0.15) is 79.3 Å². The van der Waals surface area contributed by atoms with Crippen LogP contribution >= 0.6 is 34.8 Å². The number of nitrogens with zero attached hydrogens (tertiary/aromatic N) is 5. The Labute approximate surface area is 497 Å². The minimum absolute atomic E-state index is 0.00645. The van der Waals surface area contributed by atoms with Gasteiger partial charge in [-0.05, 0) is 97.0 Å². The van der Waals surface area contributed by atoms with E-state index < -0.39 is 78.7 Å². The van der Waals surface area contributed by atoms with Crippen molar-refractivity contribution in [1.29, 1.82) is 0 Å². The lowest BCUT2D eigenvalue weighted by Crippen LogP contribution is -2.29. The van der Waals surface area contributed by atoms with Crippen LogP contribution in [0, 0.1) is 10.1 Å². The first kappa shape index (κ1) is 66.9. The number of ether oxygens (including phenoxy) is 3. The summed E-state index contributed by atoms with van der Waals surface area (Å²) in [6.07, 6.45) is 7.90. The number of aliphatic imine (C=N–C) groups is 1. The van der Waals surface area contributed by atoms with Gasteiger partial charge >= 0.3 is 42.7 Å². The van der Waals surface area contributed by atoms with Gasteiger partial charge in [0.15, 0.2) is 6.61 Å². The van der Waals surface area contributed by atoms with Crippen molar-refractivity contribution in [1.82, 2.24) is 30.0 Å². The smallest absolute Gasteiger partial charge is 0.484 e. The first-order valence-corrected chi connectivity index (χ1v) is 31.5. The summed E-state index contributed by atoms with van der Waals surface area (Å²) in [6.45, 7) is 0.354. The summed E-state index contributed by atoms with van der Waals surface area (Å²) in [7, 11) is -19.7. The number of phosphoric acid groups is 3. The second kappa shape index (κ2) is 30.3. The van der Waals surface area contributed by atoms with E-state index in [0.717, 1.165) is 19.5 Å². The number of anilines is 1. The molecule has 2 aliphatic rings. The third-order valence-electron chi connectivity index (χ3n) is 12.5. The van der Waals surface area contributed by atoms with Gasteiger partial charge in [-0.2, -0.15) is 13.6 Å². The van der Waals surface area contributed by atoms with Crippen molar-refractivity contribution in [3.63, 3.8) is 0 Å². The highest BCUT2D eigenvalue weighted by Crippen LogP contribution is 2.66. The minimum Gasteiger partial charge on any atom is -0.484 e. The maximum atomic E-state index is 14.0. The molecule has 1 fully saturated rings. The van der Waals surface area contributed by atoms with E-state index in [4.69, 9.17) is 29.7 Å². The van der Waals surface area contributed by atoms with Crippen LogP contribution in [0.3, 0.4) is 0 Å². The molecule has 0 saturated carbocycles. The van der Waals surface area contributed by atoms with Crippen molar-refractivity contribution in [2.45, 2.75) is 70.1 Å². The molecule has 6 atom stereocenters. The summed E-state index contributed by atoms with van der Waals surface area (Å²) < 4.78 is 92.9. The summed E-state index contributed by atoms with van der Waals surface area (Å²) >= 11 is 1.38. The van der Waals surface area contributed by atoms with Gasteiger partial charge in [-0.1, -0.05) is 48.9 Å². The van der Waals surface area contributed by atoms with Crippen LogP contribution in [0.15, 0.2) is 118 Å². The number of halogens is 2. The van der Waals surface area contributed by atoms with E-state index in [1.54, 1.807) is 66.8 Å². The van der Waals surface area contributed by atoms with E-state index in [1.165, 1.54) is 54.8 Å². The Balaban J connectivity index is 0.774. The van der Waals surface area contributed by atoms with Gasteiger partial charge in [-0.25, -0.2) is 28.3 Å². The van der Waals surface area contributed by atoms with Crippen LogP contribution in [0.4, 0.5) is 24.9 Å². The lowest BCUT2D eigenvalue weighted by atomic mass is 10.0. The van der Waals surface area contributed by atoms with Gasteiger partial charge < -0.3 is 65.1 Å². The van der Waals surface area contributed by atoms with E-state index in [2.05, 4.69) is 39.1 Å².